The van der Waals surface area contributed by atoms with Gasteiger partial charge in [-0.1, -0.05) is 6.07 Å². The molecule has 2 N–H and O–H groups in total. The van der Waals surface area contributed by atoms with Crippen LogP contribution >= 0.6 is 0 Å². The van der Waals surface area contributed by atoms with Crippen LogP contribution in [0, 0.1) is 5.82 Å². The summed E-state index contributed by atoms with van der Waals surface area (Å²) in [6.07, 6.45) is -1.79. The second-order valence-electron chi connectivity index (χ2n) is 5.30. The molecule has 0 atom stereocenters. The van der Waals surface area contributed by atoms with Gasteiger partial charge < -0.3 is 10.6 Å². The predicted molar refractivity (Wildman–Crippen MR) is 85.7 cm³/mol. The molecule has 0 saturated heterocycles. The van der Waals surface area contributed by atoms with Crippen LogP contribution in [-0.2, 0) is 6.18 Å². The highest BCUT2D eigenvalue weighted by atomic mass is 19.4. The fraction of sp³-hybridized carbons (Fsp3) is 0.294. The summed E-state index contributed by atoms with van der Waals surface area (Å²) in [5, 5.41) is 5.63. The predicted octanol–water partition coefficient (Wildman–Crippen LogP) is 3.86. The van der Waals surface area contributed by atoms with Crippen LogP contribution in [0.4, 0.5) is 23.4 Å². The van der Waals surface area contributed by atoms with Gasteiger partial charge in [-0.25, -0.2) is 9.37 Å². The standard InChI is InChI=1S/C17H17F4N3O/c18-14-7-6-12(11-13(14)17(19,20)21)16(25)24-10-4-3-9-23-15-5-1-2-8-22-15/h1-2,5-8,11H,3-4,9-10H2,(H,22,23)(H,24,25). The summed E-state index contributed by atoms with van der Waals surface area (Å²) in [6, 6.07) is 7.69. The van der Waals surface area contributed by atoms with Gasteiger partial charge in [-0.15, -0.1) is 0 Å². The molecule has 8 heteroatoms. The molecule has 0 aliphatic rings. The molecule has 0 unspecified atom stereocenters. The molecule has 2 aromatic rings. The Morgan fingerprint density at radius 3 is 2.52 bits per heavy atom. The van der Waals surface area contributed by atoms with E-state index in [0.717, 1.165) is 18.3 Å². The number of aromatic nitrogens is 1. The van der Waals surface area contributed by atoms with Crippen LogP contribution in [0.5, 0.6) is 0 Å². The van der Waals surface area contributed by atoms with E-state index in [0.29, 0.717) is 31.6 Å². The van der Waals surface area contributed by atoms with Gasteiger partial charge in [-0.2, -0.15) is 13.2 Å². The summed E-state index contributed by atoms with van der Waals surface area (Å²) in [4.78, 5) is 16.0. The number of nitrogens with zero attached hydrogens (tertiary/aromatic N) is 1. The third-order valence-corrected chi connectivity index (χ3v) is 3.39. The Hall–Kier alpha value is -2.64. The van der Waals surface area contributed by atoms with Crippen molar-refractivity contribution in [1.29, 1.82) is 0 Å². The number of hydrogen-bond donors (Lipinski definition) is 2. The van der Waals surface area contributed by atoms with E-state index in [4.69, 9.17) is 0 Å². The van der Waals surface area contributed by atoms with Crippen molar-refractivity contribution in [3.63, 3.8) is 0 Å². The van der Waals surface area contributed by atoms with Crippen molar-refractivity contribution in [2.75, 3.05) is 18.4 Å². The van der Waals surface area contributed by atoms with E-state index in [-0.39, 0.29) is 5.56 Å². The third kappa shape index (κ3) is 5.74. The normalized spacial score (nSPS) is 11.2. The molecule has 0 aliphatic heterocycles. The lowest BCUT2D eigenvalue weighted by Crippen LogP contribution is -2.25. The summed E-state index contributed by atoms with van der Waals surface area (Å²) < 4.78 is 51.1. The summed E-state index contributed by atoms with van der Waals surface area (Å²) in [5.74, 6) is -1.31. The molecule has 25 heavy (non-hydrogen) atoms. The minimum Gasteiger partial charge on any atom is -0.370 e. The Morgan fingerprint density at radius 2 is 1.84 bits per heavy atom. The fourth-order valence-electron chi connectivity index (χ4n) is 2.12. The lowest BCUT2D eigenvalue weighted by Gasteiger charge is -2.10. The minimum absolute atomic E-state index is 0.222. The monoisotopic (exact) mass is 355 g/mol. The van der Waals surface area contributed by atoms with E-state index in [2.05, 4.69) is 15.6 Å². The van der Waals surface area contributed by atoms with Crippen LogP contribution in [0.15, 0.2) is 42.6 Å². The first-order chi connectivity index (χ1) is 11.9. The Bertz CT molecular complexity index is 705. The number of amides is 1. The first-order valence-electron chi connectivity index (χ1n) is 7.68. The van der Waals surface area contributed by atoms with E-state index in [1.807, 2.05) is 12.1 Å². The molecule has 1 aromatic heterocycles. The van der Waals surface area contributed by atoms with Crippen LogP contribution in [0.3, 0.4) is 0 Å². The number of carbonyl (C=O) groups excluding carboxylic acids is 1. The van der Waals surface area contributed by atoms with Gasteiger partial charge in [-0.3, -0.25) is 4.79 Å². The van der Waals surface area contributed by atoms with Crippen molar-refractivity contribution in [2.45, 2.75) is 19.0 Å². The summed E-state index contributed by atoms with van der Waals surface area (Å²) in [6.45, 7) is 0.961. The molecule has 0 saturated carbocycles. The molecule has 0 fully saturated rings. The van der Waals surface area contributed by atoms with Gasteiger partial charge in [-0.05, 0) is 43.2 Å². The van der Waals surface area contributed by atoms with Crippen molar-refractivity contribution in [3.05, 3.63) is 59.5 Å². The molecule has 1 aromatic carbocycles. The van der Waals surface area contributed by atoms with Gasteiger partial charge in [0.2, 0.25) is 0 Å². The number of rotatable bonds is 7. The Morgan fingerprint density at radius 1 is 1.08 bits per heavy atom. The number of unbranched alkanes of at least 4 members (excludes halogenated alkanes) is 1. The number of halogens is 4. The van der Waals surface area contributed by atoms with Crippen molar-refractivity contribution in [1.82, 2.24) is 10.3 Å². The van der Waals surface area contributed by atoms with Crippen molar-refractivity contribution in [2.24, 2.45) is 0 Å². The molecule has 134 valence electrons. The van der Waals surface area contributed by atoms with E-state index < -0.39 is 23.5 Å². The zero-order chi connectivity index (χ0) is 18.3. The maximum absolute atomic E-state index is 13.2. The molecule has 4 nitrogen and oxygen atoms in total. The molecule has 1 heterocycles. The number of anilines is 1. The van der Waals surface area contributed by atoms with Gasteiger partial charge in [0.25, 0.3) is 5.91 Å². The average Bonchev–Trinajstić information content (AvgIpc) is 2.58. The highest BCUT2D eigenvalue weighted by Gasteiger charge is 2.34. The molecule has 0 bridgehead atoms. The fourth-order valence-corrected chi connectivity index (χ4v) is 2.12. The maximum atomic E-state index is 13.2. The number of hydrogen-bond acceptors (Lipinski definition) is 3. The van der Waals surface area contributed by atoms with E-state index >= 15 is 0 Å². The highest BCUT2D eigenvalue weighted by Crippen LogP contribution is 2.31. The van der Waals surface area contributed by atoms with Crippen molar-refractivity contribution < 1.29 is 22.4 Å². The van der Waals surface area contributed by atoms with Crippen LogP contribution in [0.25, 0.3) is 0 Å². The first-order valence-corrected chi connectivity index (χ1v) is 7.68. The van der Waals surface area contributed by atoms with Crippen LogP contribution < -0.4 is 10.6 Å². The molecular formula is C17H17F4N3O. The van der Waals surface area contributed by atoms with E-state index in [9.17, 15) is 22.4 Å². The zero-order valence-corrected chi connectivity index (χ0v) is 13.2. The molecular weight excluding hydrogens is 338 g/mol. The smallest absolute Gasteiger partial charge is 0.370 e. The summed E-state index contributed by atoms with van der Waals surface area (Å²) in [7, 11) is 0. The zero-order valence-electron chi connectivity index (χ0n) is 13.2. The second-order valence-corrected chi connectivity index (χ2v) is 5.30. The Kier molecular flexibility index (Phi) is 6.32. The molecule has 2 rings (SSSR count). The average molecular weight is 355 g/mol. The quantitative estimate of drug-likeness (QED) is 0.586. The van der Waals surface area contributed by atoms with Crippen molar-refractivity contribution >= 4 is 11.7 Å². The number of carbonyl (C=O) groups is 1. The number of pyridine rings is 1. The molecule has 0 aliphatic carbocycles. The first kappa shape index (κ1) is 18.7. The second kappa shape index (κ2) is 8.46. The highest BCUT2D eigenvalue weighted by molar-refractivity contribution is 5.94. The Balaban J connectivity index is 1.75. The van der Waals surface area contributed by atoms with Gasteiger partial charge in [0, 0.05) is 24.8 Å². The number of nitrogens with one attached hydrogen (secondary N) is 2. The Labute approximate surface area is 142 Å². The largest absolute Gasteiger partial charge is 0.419 e. The third-order valence-electron chi connectivity index (χ3n) is 3.39. The van der Waals surface area contributed by atoms with Gasteiger partial charge in [0.05, 0.1) is 5.56 Å². The van der Waals surface area contributed by atoms with Gasteiger partial charge in [0.15, 0.2) is 0 Å². The number of benzene rings is 1. The maximum Gasteiger partial charge on any atom is 0.419 e. The minimum atomic E-state index is -4.84. The molecule has 1 amide bonds. The molecule has 0 spiro atoms. The topological polar surface area (TPSA) is 54.0 Å². The van der Waals surface area contributed by atoms with Gasteiger partial charge >= 0.3 is 6.18 Å². The van der Waals surface area contributed by atoms with Crippen LogP contribution in [-0.4, -0.2) is 24.0 Å². The van der Waals surface area contributed by atoms with Crippen LogP contribution in [0.1, 0.15) is 28.8 Å². The van der Waals surface area contributed by atoms with Crippen LogP contribution in [0.2, 0.25) is 0 Å². The van der Waals surface area contributed by atoms with Gasteiger partial charge in [0.1, 0.15) is 11.6 Å². The summed E-state index contributed by atoms with van der Waals surface area (Å²) >= 11 is 0. The lowest BCUT2D eigenvalue weighted by molar-refractivity contribution is -0.140. The lowest BCUT2D eigenvalue weighted by atomic mass is 10.1. The van der Waals surface area contributed by atoms with E-state index in [1.165, 1.54) is 0 Å². The summed E-state index contributed by atoms with van der Waals surface area (Å²) in [5.41, 5.74) is -1.67. The number of alkyl halides is 3. The van der Waals surface area contributed by atoms with E-state index in [1.54, 1.807) is 12.3 Å². The molecule has 0 radical (unpaired) electrons. The SMILES string of the molecule is O=C(NCCCCNc1ccccn1)c1ccc(F)c(C(F)(F)F)c1. The van der Waals surface area contributed by atoms with Crippen molar-refractivity contribution in [3.8, 4) is 0 Å².